The molecule has 0 N–H and O–H groups in total. The molecule has 0 atom stereocenters. The van der Waals surface area contributed by atoms with E-state index in [1.807, 2.05) is 6.92 Å². The number of aromatic nitrogens is 3. The molecule has 4 heterocycles. The number of halogens is 1. The summed E-state index contributed by atoms with van der Waals surface area (Å²) in [5, 5.41) is 0. The van der Waals surface area contributed by atoms with E-state index in [1.54, 1.807) is 23.2 Å². The van der Waals surface area contributed by atoms with Gasteiger partial charge in [0.05, 0.1) is 11.3 Å². The lowest BCUT2D eigenvalue weighted by Gasteiger charge is -2.24. The van der Waals surface area contributed by atoms with Gasteiger partial charge in [-0.25, -0.2) is 19.2 Å². The number of fused-ring (bicyclic) bond motifs is 1. The Morgan fingerprint density at radius 1 is 0.978 bits per heavy atom. The van der Waals surface area contributed by atoms with Crippen LogP contribution in [0.25, 0.3) is 0 Å². The zero-order valence-corrected chi connectivity index (χ0v) is 25.6. The smallest absolute Gasteiger partial charge is 0.332 e. The van der Waals surface area contributed by atoms with Crippen molar-refractivity contribution in [2.24, 2.45) is 4.99 Å². The van der Waals surface area contributed by atoms with Crippen LogP contribution in [0.15, 0.2) is 57.2 Å². The normalized spacial score (nSPS) is 14.1. The minimum atomic E-state index is -0.446. The van der Waals surface area contributed by atoms with Crippen LogP contribution >= 0.6 is 0 Å². The van der Waals surface area contributed by atoms with E-state index in [9.17, 15) is 28.4 Å². The maximum absolute atomic E-state index is 13.6. The number of carbonyl (C=O) groups excluding carboxylic acids is 3. The Hall–Kier alpha value is -4.74. The highest BCUT2D eigenvalue weighted by molar-refractivity contribution is 6.07. The molecule has 0 aliphatic carbocycles. The molecule has 2 aliphatic heterocycles. The number of aliphatic imine (C=N–C) groups is 1. The number of amides is 2. The first-order chi connectivity index (χ1) is 21.7. The average Bonchev–Trinajstić information content (AvgIpc) is 3.66. The van der Waals surface area contributed by atoms with Crippen LogP contribution in [0, 0.1) is 5.82 Å². The summed E-state index contributed by atoms with van der Waals surface area (Å²) < 4.78 is 16.3. The fourth-order valence-corrected chi connectivity index (χ4v) is 5.78. The molecule has 0 unspecified atom stereocenters. The number of benzene rings is 1. The summed E-state index contributed by atoms with van der Waals surface area (Å²) in [5.41, 5.74) is 1.12. The Kier molecular flexibility index (Phi) is 9.80. The van der Waals surface area contributed by atoms with E-state index < -0.39 is 17.1 Å². The quantitative estimate of drug-likeness (QED) is 0.289. The van der Waals surface area contributed by atoms with E-state index in [0.717, 1.165) is 6.42 Å². The van der Waals surface area contributed by atoms with Gasteiger partial charge in [0.2, 0.25) is 5.91 Å². The predicted molar refractivity (Wildman–Crippen MR) is 168 cm³/mol. The second kappa shape index (κ2) is 13.9. The molecule has 1 aromatic carbocycles. The number of hydrogen-bond donors (Lipinski definition) is 0. The molecule has 12 heteroatoms. The van der Waals surface area contributed by atoms with Gasteiger partial charge in [0.1, 0.15) is 23.2 Å². The molecule has 1 fully saturated rings. The highest BCUT2D eigenvalue weighted by Gasteiger charge is 2.27. The van der Waals surface area contributed by atoms with Crippen molar-refractivity contribution in [3.8, 4) is 0 Å². The van der Waals surface area contributed by atoms with Gasteiger partial charge < -0.3 is 9.69 Å². The number of pyridine rings is 1. The summed E-state index contributed by atoms with van der Waals surface area (Å²) in [6, 6.07) is 8.79. The van der Waals surface area contributed by atoms with E-state index in [2.05, 4.69) is 4.98 Å². The third kappa shape index (κ3) is 7.00. The Balaban J connectivity index is 1.40. The SMILES string of the molecule is CCCn1c2c(c(=O)n(CCCC(C)=O)c1=O)CC(c1ccc(N(CCCN3CCCC3=O)C(=O)c3ccc(F)cc3)nc1)=N2. The zero-order chi connectivity index (χ0) is 32.1. The summed E-state index contributed by atoms with van der Waals surface area (Å²) in [6.07, 6.45) is 5.06. The van der Waals surface area contributed by atoms with Crippen LogP contribution in [0.2, 0.25) is 0 Å². The number of nitrogens with zero attached hydrogens (tertiary/aromatic N) is 6. The second-order valence-corrected chi connectivity index (χ2v) is 11.4. The number of anilines is 1. The summed E-state index contributed by atoms with van der Waals surface area (Å²) >= 11 is 0. The Morgan fingerprint density at radius 2 is 1.76 bits per heavy atom. The predicted octanol–water partition coefficient (Wildman–Crippen LogP) is 3.66. The zero-order valence-electron chi connectivity index (χ0n) is 25.6. The molecule has 2 aromatic heterocycles. The summed E-state index contributed by atoms with van der Waals surface area (Å²) in [5.74, 6) is 0.0470. The Bertz CT molecular complexity index is 1740. The van der Waals surface area contributed by atoms with Crippen molar-refractivity contribution >= 4 is 34.9 Å². The van der Waals surface area contributed by atoms with Crippen molar-refractivity contribution < 1.29 is 18.8 Å². The molecule has 3 aromatic rings. The van der Waals surface area contributed by atoms with E-state index in [4.69, 9.17) is 4.99 Å². The average molecular weight is 617 g/mol. The molecule has 11 nitrogen and oxygen atoms in total. The second-order valence-electron chi connectivity index (χ2n) is 11.4. The van der Waals surface area contributed by atoms with Gasteiger partial charge in [-0.2, -0.15) is 0 Å². The first kappa shape index (κ1) is 31.7. The fourth-order valence-electron chi connectivity index (χ4n) is 5.78. The van der Waals surface area contributed by atoms with Crippen LogP contribution in [0.1, 0.15) is 73.9 Å². The molecule has 0 spiro atoms. The molecule has 0 bridgehead atoms. The van der Waals surface area contributed by atoms with Crippen molar-refractivity contribution in [1.82, 2.24) is 19.0 Å². The molecular formula is C33H37FN6O5. The summed E-state index contributed by atoms with van der Waals surface area (Å²) in [7, 11) is 0. The number of Topliss-reactive ketones (excluding diaryl/α,β-unsaturated/α-hetero) is 1. The number of likely N-dealkylation sites (tertiary alicyclic amines) is 1. The first-order valence-corrected chi connectivity index (χ1v) is 15.4. The molecule has 0 saturated carbocycles. The number of hydrogen-bond acceptors (Lipinski definition) is 7. The molecular weight excluding hydrogens is 579 g/mol. The van der Waals surface area contributed by atoms with E-state index >= 15 is 0 Å². The van der Waals surface area contributed by atoms with Gasteiger partial charge in [-0.05, 0) is 69.0 Å². The van der Waals surface area contributed by atoms with Crippen molar-refractivity contribution in [3.05, 3.63) is 85.9 Å². The summed E-state index contributed by atoms with van der Waals surface area (Å²) in [6.45, 7) is 5.49. The van der Waals surface area contributed by atoms with Gasteiger partial charge in [-0.1, -0.05) is 6.92 Å². The molecule has 2 aliphatic rings. The van der Waals surface area contributed by atoms with E-state index in [1.165, 1.54) is 45.2 Å². The maximum Gasteiger partial charge on any atom is 0.332 e. The molecule has 236 valence electrons. The Morgan fingerprint density at radius 3 is 2.40 bits per heavy atom. The van der Waals surface area contributed by atoms with Gasteiger partial charge >= 0.3 is 5.69 Å². The fraction of sp³-hybridized carbons (Fsp3) is 0.424. The standard InChI is InChI=1S/C33H37FN6O5/c1-3-15-39-30-26(32(44)40(33(39)45)18-4-7-22(2)41)20-27(36-30)24-11-14-28(35-21-24)38(19-6-17-37-16-5-8-29(37)42)31(43)23-9-12-25(34)13-10-23/h9-14,21H,3-8,15-20H2,1-2H3. The van der Waals surface area contributed by atoms with Crippen LogP contribution in [-0.4, -0.2) is 62.0 Å². The van der Waals surface area contributed by atoms with Gasteiger partial charge in [0.25, 0.3) is 11.5 Å². The molecule has 2 amide bonds. The lowest BCUT2D eigenvalue weighted by atomic mass is 10.1. The van der Waals surface area contributed by atoms with Gasteiger partial charge in [-0.3, -0.25) is 28.4 Å². The minimum Gasteiger partial charge on any atom is -0.343 e. The molecule has 0 radical (unpaired) electrons. The highest BCUT2D eigenvalue weighted by Crippen LogP contribution is 2.26. The monoisotopic (exact) mass is 616 g/mol. The van der Waals surface area contributed by atoms with Crippen LogP contribution in [0.3, 0.4) is 0 Å². The topological polar surface area (TPSA) is 127 Å². The van der Waals surface area contributed by atoms with Crippen LogP contribution in [-0.2, 0) is 29.1 Å². The maximum atomic E-state index is 13.6. The van der Waals surface area contributed by atoms with Crippen molar-refractivity contribution in [2.75, 3.05) is 24.5 Å². The molecule has 45 heavy (non-hydrogen) atoms. The third-order valence-corrected chi connectivity index (χ3v) is 8.11. The highest BCUT2D eigenvalue weighted by atomic mass is 19.1. The lowest BCUT2D eigenvalue weighted by molar-refractivity contribution is -0.127. The van der Waals surface area contributed by atoms with E-state index in [0.29, 0.717) is 85.9 Å². The summed E-state index contributed by atoms with van der Waals surface area (Å²) in [4.78, 5) is 76.2. The van der Waals surface area contributed by atoms with E-state index in [-0.39, 0.29) is 37.0 Å². The van der Waals surface area contributed by atoms with Gasteiger partial charge in [0.15, 0.2) is 0 Å². The lowest BCUT2D eigenvalue weighted by Crippen LogP contribution is -2.41. The first-order valence-electron chi connectivity index (χ1n) is 15.4. The van der Waals surface area contributed by atoms with Crippen molar-refractivity contribution in [1.29, 1.82) is 0 Å². The third-order valence-electron chi connectivity index (χ3n) is 8.11. The Labute approximate surface area is 260 Å². The number of carbonyl (C=O) groups is 3. The molecule has 5 rings (SSSR count). The van der Waals surface area contributed by atoms with Crippen LogP contribution in [0.5, 0.6) is 0 Å². The minimum absolute atomic E-state index is 0.000664. The largest absolute Gasteiger partial charge is 0.343 e. The number of ketones is 1. The van der Waals surface area contributed by atoms with Crippen LogP contribution < -0.4 is 16.1 Å². The van der Waals surface area contributed by atoms with Gasteiger partial charge in [0, 0.05) is 69.3 Å². The van der Waals surface area contributed by atoms with Crippen molar-refractivity contribution in [2.45, 2.75) is 71.9 Å². The van der Waals surface area contributed by atoms with Crippen LogP contribution in [0.4, 0.5) is 16.0 Å². The van der Waals surface area contributed by atoms with Gasteiger partial charge in [-0.15, -0.1) is 0 Å². The van der Waals surface area contributed by atoms with Crippen molar-refractivity contribution in [3.63, 3.8) is 0 Å². The number of rotatable bonds is 13. The molecule has 1 saturated heterocycles.